The number of thioether (sulfide) groups is 1. The van der Waals surface area contributed by atoms with E-state index in [1.54, 1.807) is 30.3 Å². The van der Waals surface area contributed by atoms with Gasteiger partial charge < -0.3 is 5.32 Å². The van der Waals surface area contributed by atoms with Crippen LogP contribution in [0.2, 0.25) is 5.02 Å². The van der Waals surface area contributed by atoms with Crippen molar-refractivity contribution in [2.75, 3.05) is 18.1 Å². The van der Waals surface area contributed by atoms with Crippen LogP contribution in [0.4, 0.5) is 4.79 Å². The summed E-state index contributed by atoms with van der Waals surface area (Å²) in [5.41, 5.74) is 0.741. The highest BCUT2D eigenvalue weighted by atomic mass is 35.5. The van der Waals surface area contributed by atoms with E-state index in [0.717, 1.165) is 22.2 Å². The molecule has 0 aromatic heterocycles. The Morgan fingerprint density at radius 3 is 2.63 bits per heavy atom. The molecule has 1 unspecified atom stereocenters. The molecule has 0 aliphatic carbocycles. The van der Waals surface area contributed by atoms with E-state index in [1.165, 1.54) is 0 Å². The highest BCUT2D eigenvalue weighted by Crippen LogP contribution is 2.32. The Morgan fingerprint density at radius 2 is 2.00 bits per heavy atom. The number of halogens is 1. The van der Waals surface area contributed by atoms with Gasteiger partial charge in [0.2, 0.25) is 5.91 Å². The second kappa shape index (κ2) is 8.04. The number of nitrogens with one attached hydrogen (secondary N) is 1. The van der Waals surface area contributed by atoms with Crippen molar-refractivity contribution < 1.29 is 22.8 Å². The van der Waals surface area contributed by atoms with Crippen LogP contribution in [0.1, 0.15) is 18.4 Å². The molecule has 7 nitrogen and oxygen atoms in total. The van der Waals surface area contributed by atoms with Crippen molar-refractivity contribution in [1.82, 2.24) is 10.2 Å². The van der Waals surface area contributed by atoms with E-state index in [9.17, 15) is 22.8 Å². The Hall–Kier alpha value is -1.84. The van der Waals surface area contributed by atoms with Crippen LogP contribution < -0.4 is 5.32 Å². The highest BCUT2D eigenvalue weighted by molar-refractivity contribution is 8.18. The van der Waals surface area contributed by atoms with Crippen molar-refractivity contribution in [3.8, 4) is 0 Å². The third-order valence-corrected chi connectivity index (χ3v) is 7.13. The predicted molar refractivity (Wildman–Crippen MR) is 104 cm³/mol. The molecular weight excluding hydrogens is 412 g/mol. The van der Waals surface area contributed by atoms with Gasteiger partial charge in [0.25, 0.3) is 11.1 Å². The number of hydrogen-bond acceptors (Lipinski definition) is 6. The molecule has 2 aliphatic rings. The Kier molecular flexibility index (Phi) is 5.92. The molecule has 10 heteroatoms. The number of carbonyl (C=O) groups excluding carboxylic acids is 3. The number of rotatable bonds is 5. The Bertz CT molecular complexity index is 912. The second-order valence-corrected chi connectivity index (χ2v) is 9.96. The summed E-state index contributed by atoms with van der Waals surface area (Å²) in [5.74, 6) is -0.824. The SMILES string of the molecule is O=C(CCN1C(=O)S/C(=C\c2ccc(Cl)cc2)C1=O)NC1CCS(=O)(=O)C1. The van der Waals surface area contributed by atoms with Crippen LogP contribution in [0.25, 0.3) is 6.08 Å². The fourth-order valence-corrected chi connectivity index (χ4v) is 5.49. The summed E-state index contributed by atoms with van der Waals surface area (Å²) in [6.45, 7) is -0.0477. The molecule has 3 rings (SSSR count). The van der Waals surface area contributed by atoms with Crippen molar-refractivity contribution >= 4 is 56.3 Å². The van der Waals surface area contributed by atoms with Crippen LogP contribution in [-0.2, 0) is 19.4 Å². The standard InChI is InChI=1S/C17H17ClN2O5S2/c18-12-3-1-11(2-4-12)9-14-16(22)20(17(23)26-14)7-5-15(21)19-13-6-8-27(24,25)10-13/h1-4,9,13H,5-8,10H2,(H,19,21)/b14-9-. The van der Waals surface area contributed by atoms with Crippen LogP contribution in [0, 0.1) is 0 Å². The molecule has 1 aromatic carbocycles. The minimum atomic E-state index is -3.08. The molecule has 0 bridgehead atoms. The molecule has 0 radical (unpaired) electrons. The van der Waals surface area contributed by atoms with Crippen LogP contribution >= 0.6 is 23.4 Å². The molecule has 0 spiro atoms. The van der Waals surface area contributed by atoms with Gasteiger partial charge in [-0.05, 0) is 42.0 Å². The highest BCUT2D eigenvalue weighted by Gasteiger charge is 2.35. The minimum Gasteiger partial charge on any atom is -0.352 e. The zero-order valence-corrected chi connectivity index (χ0v) is 16.6. The van der Waals surface area contributed by atoms with Crippen molar-refractivity contribution in [3.63, 3.8) is 0 Å². The average Bonchev–Trinajstić information content (AvgIpc) is 3.07. The topological polar surface area (TPSA) is 101 Å². The first kappa shape index (κ1) is 19.9. The smallest absolute Gasteiger partial charge is 0.293 e. The molecule has 2 aliphatic heterocycles. The van der Waals surface area contributed by atoms with E-state index in [4.69, 9.17) is 11.6 Å². The molecule has 144 valence electrons. The van der Waals surface area contributed by atoms with Crippen LogP contribution in [0.3, 0.4) is 0 Å². The maximum Gasteiger partial charge on any atom is 0.293 e. The third kappa shape index (κ3) is 5.12. The minimum absolute atomic E-state index is 0.0477. The summed E-state index contributed by atoms with van der Waals surface area (Å²) in [6.07, 6.45) is 1.92. The Labute approximate surface area is 166 Å². The third-order valence-electron chi connectivity index (χ3n) is 4.20. The first-order chi connectivity index (χ1) is 12.7. The van der Waals surface area contributed by atoms with Crippen LogP contribution in [0.5, 0.6) is 0 Å². The van der Waals surface area contributed by atoms with Gasteiger partial charge in [0.05, 0.1) is 16.4 Å². The van der Waals surface area contributed by atoms with Gasteiger partial charge in [-0.3, -0.25) is 19.3 Å². The lowest BCUT2D eigenvalue weighted by Gasteiger charge is -2.14. The molecular formula is C17H17ClN2O5S2. The molecule has 1 aromatic rings. The maximum absolute atomic E-state index is 12.4. The number of amides is 3. The van der Waals surface area contributed by atoms with E-state index >= 15 is 0 Å². The maximum atomic E-state index is 12.4. The van der Waals surface area contributed by atoms with Crippen LogP contribution in [-0.4, -0.2) is 54.5 Å². The first-order valence-corrected chi connectivity index (χ1v) is 11.3. The molecule has 1 N–H and O–H groups in total. The molecule has 2 heterocycles. The number of hydrogen-bond donors (Lipinski definition) is 1. The Balaban J connectivity index is 1.56. The summed E-state index contributed by atoms with van der Waals surface area (Å²) in [6, 6.07) is 6.44. The number of sulfone groups is 1. The quantitative estimate of drug-likeness (QED) is 0.720. The number of nitrogens with zero attached hydrogens (tertiary/aromatic N) is 1. The lowest BCUT2D eigenvalue weighted by molar-refractivity contribution is -0.124. The van der Waals surface area contributed by atoms with Crippen molar-refractivity contribution in [3.05, 3.63) is 39.8 Å². The normalized spacial score (nSPS) is 23.2. The van der Waals surface area contributed by atoms with Crippen molar-refractivity contribution in [2.24, 2.45) is 0 Å². The summed E-state index contributed by atoms with van der Waals surface area (Å²) in [7, 11) is -3.08. The zero-order valence-electron chi connectivity index (χ0n) is 14.2. The van der Waals surface area contributed by atoms with Crippen molar-refractivity contribution in [1.29, 1.82) is 0 Å². The summed E-state index contributed by atoms with van der Waals surface area (Å²) < 4.78 is 22.8. The number of imide groups is 1. The predicted octanol–water partition coefficient (Wildman–Crippen LogP) is 2.07. The second-order valence-electron chi connectivity index (χ2n) is 6.30. The molecule has 27 heavy (non-hydrogen) atoms. The lowest BCUT2D eigenvalue weighted by Crippen LogP contribution is -2.38. The first-order valence-electron chi connectivity index (χ1n) is 8.24. The van der Waals surface area contributed by atoms with Gasteiger partial charge in [0.15, 0.2) is 9.84 Å². The number of carbonyl (C=O) groups is 3. The van der Waals surface area contributed by atoms with Crippen molar-refractivity contribution in [2.45, 2.75) is 18.9 Å². The lowest BCUT2D eigenvalue weighted by atomic mass is 10.2. The van der Waals surface area contributed by atoms with E-state index in [-0.39, 0.29) is 35.3 Å². The van der Waals surface area contributed by atoms with Gasteiger partial charge in [0.1, 0.15) is 0 Å². The van der Waals surface area contributed by atoms with Gasteiger partial charge in [-0.25, -0.2) is 8.42 Å². The summed E-state index contributed by atoms with van der Waals surface area (Å²) in [5, 5.41) is 2.78. The molecule has 0 saturated carbocycles. The van der Waals surface area contributed by atoms with E-state index in [1.807, 2.05) is 0 Å². The Morgan fingerprint density at radius 1 is 1.30 bits per heavy atom. The molecule has 2 saturated heterocycles. The van der Waals surface area contributed by atoms with Crippen LogP contribution in [0.15, 0.2) is 29.2 Å². The molecule has 1 atom stereocenters. The van der Waals surface area contributed by atoms with Gasteiger partial charge in [0, 0.05) is 24.0 Å². The molecule has 3 amide bonds. The zero-order chi connectivity index (χ0) is 19.6. The summed E-state index contributed by atoms with van der Waals surface area (Å²) >= 11 is 6.64. The largest absolute Gasteiger partial charge is 0.352 e. The van der Waals surface area contributed by atoms with Gasteiger partial charge in [-0.2, -0.15) is 0 Å². The monoisotopic (exact) mass is 428 g/mol. The average molecular weight is 429 g/mol. The van der Waals surface area contributed by atoms with Gasteiger partial charge in [-0.1, -0.05) is 23.7 Å². The van der Waals surface area contributed by atoms with E-state index < -0.39 is 27.0 Å². The van der Waals surface area contributed by atoms with E-state index in [2.05, 4.69) is 5.32 Å². The fourth-order valence-electron chi connectivity index (χ4n) is 2.83. The fraction of sp³-hybridized carbons (Fsp3) is 0.353. The van der Waals surface area contributed by atoms with Gasteiger partial charge in [-0.15, -0.1) is 0 Å². The summed E-state index contributed by atoms with van der Waals surface area (Å²) in [4.78, 5) is 37.8. The van der Waals surface area contributed by atoms with E-state index in [0.29, 0.717) is 11.4 Å². The number of benzene rings is 1. The molecule has 2 fully saturated rings. The van der Waals surface area contributed by atoms with Gasteiger partial charge >= 0.3 is 0 Å².